The van der Waals surface area contributed by atoms with Gasteiger partial charge in [-0.1, -0.05) is 56.3 Å². The van der Waals surface area contributed by atoms with Crippen LogP contribution in [0.3, 0.4) is 0 Å². The number of hydrogen-bond acceptors (Lipinski definition) is 5. The predicted octanol–water partition coefficient (Wildman–Crippen LogP) is 2.74. The summed E-state index contributed by atoms with van der Waals surface area (Å²) in [5, 5.41) is 9.22. The quantitative estimate of drug-likeness (QED) is 0.458. The van der Waals surface area contributed by atoms with Crippen LogP contribution in [0.4, 0.5) is 0 Å². The van der Waals surface area contributed by atoms with E-state index in [1.807, 2.05) is 49.1 Å². The molecule has 0 aromatic heterocycles. The monoisotopic (exact) mass is 566 g/mol. The molecular weight excluding hydrogens is 520 g/mol. The van der Waals surface area contributed by atoms with Crippen molar-refractivity contribution in [3.05, 3.63) is 48.0 Å². The first-order chi connectivity index (χ1) is 19.7. The summed E-state index contributed by atoms with van der Waals surface area (Å²) in [6.07, 6.45) is 8.26. The maximum Gasteiger partial charge on any atom is 0.245 e. The van der Waals surface area contributed by atoms with E-state index < -0.39 is 17.5 Å². The third-order valence-corrected chi connectivity index (χ3v) is 8.71. The molecule has 9 heteroatoms. The van der Waals surface area contributed by atoms with Crippen LogP contribution in [0.1, 0.15) is 64.9 Å². The fourth-order valence-electron chi connectivity index (χ4n) is 6.34. The average molecular weight is 567 g/mol. The highest BCUT2D eigenvalue weighted by molar-refractivity contribution is 5.91. The van der Waals surface area contributed by atoms with E-state index in [0.717, 1.165) is 5.56 Å². The summed E-state index contributed by atoms with van der Waals surface area (Å²) in [5.74, 6) is -0.292. The van der Waals surface area contributed by atoms with Crippen molar-refractivity contribution in [2.45, 2.75) is 83.8 Å². The normalized spacial score (nSPS) is 26.5. The number of nitrogens with zero attached hydrogens (tertiary/aromatic N) is 1. The number of piperidine rings is 1. The van der Waals surface area contributed by atoms with E-state index in [1.165, 1.54) is 6.92 Å². The van der Waals surface area contributed by atoms with Gasteiger partial charge in [0.05, 0.1) is 5.41 Å². The van der Waals surface area contributed by atoms with Crippen LogP contribution in [0.5, 0.6) is 0 Å². The van der Waals surface area contributed by atoms with Gasteiger partial charge in [-0.3, -0.25) is 19.2 Å². The Hall–Kier alpha value is -3.20. The second kappa shape index (κ2) is 14.1. The van der Waals surface area contributed by atoms with Crippen molar-refractivity contribution in [3.63, 3.8) is 0 Å². The van der Waals surface area contributed by atoms with Crippen molar-refractivity contribution in [2.24, 2.45) is 17.3 Å². The Morgan fingerprint density at radius 2 is 1.83 bits per heavy atom. The van der Waals surface area contributed by atoms with Gasteiger partial charge in [-0.05, 0) is 50.0 Å². The number of ether oxygens (including phenoxy) is 1. The molecule has 2 saturated heterocycles. The lowest BCUT2D eigenvalue weighted by molar-refractivity contribution is -0.141. The first kappa shape index (κ1) is 30.8. The molecule has 3 aliphatic rings. The van der Waals surface area contributed by atoms with Crippen LogP contribution in [0.25, 0.3) is 0 Å². The van der Waals surface area contributed by atoms with Crippen molar-refractivity contribution in [1.82, 2.24) is 20.9 Å². The minimum atomic E-state index is -0.705. The number of fused-ring (bicyclic) bond motifs is 1. The van der Waals surface area contributed by atoms with Crippen LogP contribution < -0.4 is 16.0 Å². The van der Waals surface area contributed by atoms with Gasteiger partial charge >= 0.3 is 0 Å². The van der Waals surface area contributed by atoms with E-state index in [9.17, 15) is 19.2 Å². The number of benzene rings is 1. The summed E-state index contributed by atoms with van der Waals surface area (Å²) in [6.45, 7) is 7.55. The lowest BCUT2D eigenvalue weighted by atomic mass is 9.75. The molecule has 3 N–H and O–H groups in total. The maximum atomic E-state index is 13.8. The molecule has 4 amide bonds. The van der Waals surface area contributed by atoms with Gasteiger partial charge in [0, 0.05) is 51.6 Å². The molecule has 4 rings (SSSR count). The number of hydrogen-bond donors (Lipinski definition) is 3. The molecular formula is C32H46N4O5. The molecule has 0 saturated carbocycles. The SMILES string of the molecule is CC(=O)N[C@H](CC(C)C)C(=O)N1CC[C@H]2NC(=O)[C@H](Cc3ccccc3)NC(=O)C3(C/C=C/C[C@H]2C1)CCOCC3. The molecule has 4 atom stereocenters. The summed E-state index contributed by atoms with van der Waals surface area (Å²) >= 11 is 0. The van der Waals surface area contributed by atoms with E-state index in [2.05, 4.69) is 28.1 Å². The molecule has 1 aromatic rings. The minimum Gasteiger partial charge on any atom is -0.381 e. The van der Waals surface area contributed by atoms with Crippen LogP contribution in [0.2, 0.25) is 0 Å². The standard InChI is InChI=1S/C32H46N4O5/c1-22(2)19-28(33-23(3)37)30(39)36-16-12-26-25(21-36)11-7-8-13-32(14-17-41-18-15-32)31(40)35-27(29(38)34-26)20-24-9-5-4-6-10-24/h4-10,22,25-28H,11-21H2,1-3H3,(H,33,37)(H,34,38)(H,35,40)/b8-7+/t25-,26+,27-,28+/m0/s1. The zero-order valence-electron chi connectivity index (χ0n) is 24.7. The molecule has 0 unspecified atom stereocenters. The highest BCUT2D eigenvalue weighted by Crippen LogP contribution is 2.36. The maximum absolute atomic E-state index is 13.8. The Bertz CT molecular complexity index is 1100. The molecule has 0 bridgehead atoms. The Kier molecular flexibility index (Phi) is 10.6. The molecule has 3 heterocycles. The fraction of sp³-hybridized carbons (Fsp3) is 0.625. The van der Waals surface area contributed by atoms with Crippen molar-refractivity contribution in [1.29, 1.82) is 0 Å². The molecule has 41 heavy (non-hydrogen) atoms. The van der Waals surface area contributed by atoms with Crippen molar-refractivity contribution in [3.8, 4) is 0 Å². The number of nitrogens with one attached hydrogen (secondary N) is 3. The molecule has 0 aliphatic carbocycles. The van der Waals surface area contributed by atoms with Gasteiger partial charge in [-0.15, -0.1) is 0 Å². The van der Waals surface area contributed by atoms with Crippen molar-refractivity contribution in [2.75, 3.05) is 26.3 Å². The fourth-order valence-corrected chi connectivity index (χ4v) is 6.34. The molecule has 1 aromatic carbocycles. The van der Waals surface area contributed by atoms with E-state index >= 15 is 0 Å². The largest absolute Gasteiger partial charge is 0.381 e. The van der Waals surface area contributed by atoms with Crippen LogP contribution in [0.15, 0.2) is 42.5 Å². The topological polar surface area (TPSA) is 117 Å². The average Bonchev–Trinajstić information content (AvgIpc) is 2.95. The third kappa shape index (κ3) is 8.18. The second-order valence-corrected chi connectivity index (χ2v) is 12.4. The highest BCUT2D eigenvalue weighted by atomic mass is 16.5. The molecule has 2 fully saturated rings. The van der Waals surface area contributed by atoms with E-state index in [0.29, 0.717) is 71.2 Å². The second-order valence-electron chi connectivity index (χ2n) is 12.4. The van der Waals surface area contributed by atoms with E-state index in [-0.39, 0.29) is 41.5 Å². The first-order valence-corrected chi connectivity index (χ1v) is 15.1. The Labute approximate surface area is 243 Å². The predicted molar refractivity (Wildman–Crippen MR) is 157 cm³/mol. The van der Waals surface area contributed by atoms with Crippen LogP contribution in [-0.2, 0) is 30.3 Å². The Morgan fingerprint density at radius 1 is 1.10 bits per heavy atom. The zero-order valence-corrected chi connectivity index (χ0v) is 24.7. The van der Waals surface area contributed by atoms with Crippen molar-refractivity contribution < 1.29 is 23.9 Å². The number of allylic oxidation sites excluding steroid dienone is 2. The first-order valence-electron chi connectivity index (χ1n) is 15.1. The smallest absolute Gasteiger partial charge is 0.245 e. The molecule has 9 nitrogen and oxygen atoms in total. The molecule has 0 radical (unpaired) electrons. The highest BCUT2D eigenvalue weighted by Gasteiger charge is 2.42. The van der Waals surface area contributed by atoms with Crippen LogP contribution >= 0.6 is 0 Å². The van der Waals surface area contributed by atoms with E-state index in [4.69, 9.17) is 4.74 Å². The van der Waals surface area contributed by atoms with Crippen molar-refractivity contribution >= 4 is 23.6 Å². The number of rotatable bonds is 6. The van der Waals surface area contributed by atoms with Gasteiger partial charge in [0.1, 0.15) is 12.1 Å². The number of amides is 4. The summed E-state index contributed by atoms with van der Waals surface area (Å²) in [5.41, 5.74) is 0.367. The number of carbonyl (C=O) groups excluding carboxylic acids is 4. The molecule has 224 valence electrons. The lowest BCUT2D eigenvalue weighted by Gasteiger charge is -2.41. The lowest BCUT2D eigenvalue weighted by Crippen LogP contribution is -2.59. The van der Waals surface area contributed by atoms with E-state index in [1.54, 1.807) is 0 Å². The molecule has 3 aliphatic heterocycles. The summed E-state index contributed by atoms with van der Waals surface area (Å²) in [7, 11) is 0. The van der Waals surface area contributed by atoms with Crippen LogP contribution in [0, 0.1) is 17.3 Å². The van der Waals surface area contributed by atoms with Gasteiger partial charge in [0.2, 0.25) is 23.6 Å². The number of likely N-dealkylation sites (tertiary alicyclic amines) is 1. The van der Waals surface area contributed by atoms with Gasteiger partial charge < -0.3 is 25.6 Å². The van der Waals surface area contributed by atoms with Gasteiger partial charge in [-0.2, -0.15) is 0 Å². The minimum absolute atomic E-state index is 0.0167. The van der Waals surface area contributed by atoms with Gasteiger partial charge in [0.15, 0.2) is 0 Å². The van der Waals surface area contributed by atoms with Gasteiger partial charge in [0.25, 0.3) is 0 Å². The molecule has 1 spiro atoms. The summed E-state index contributed by atoms with van der Waals surface area (Å²) < 4.78 is 5.59. The third-order valence-electron chi connectivity index (χ3n) is 8.71. The van der Waals surface area contributed by atoms with Gasteiger partial charge in [-0.25, -0.2) is 0 Å². The van der Waals surface area contributed by atoms with Crippen LogP contribution in [-0.4, -0.2) is 73.0 Å². The number of carbonyl (C=O) groups is 4. The Balaban J connectivity index is 1.57. The zero-order chi connectivity index (χ0) is 29.4. The Morgan fingerprint density at radius 3 is 2.51 bits per heavy atom. The summed E-state index contributed by atoms with van der Waals surface area (Å²) in [4.78, 5) is 54.7. The summed E-state index contributed by atoms with van der Waals surface area (Å²) in [6, 6.07) is 8.35.